The first kappa shape index (κ1) is 18.9. The van der Waals surface area contributed by atoms with Crippen LogP contribution in [-0.4, -0.2) is 35.6 Å². The third-order valence-corrected chi connectivity index (χ3v) is 4.33. The SMILES string of the molecule is Cc1ccc(N2CCC(C(=O)Nc3ccc(OC(F)(F)F)cc3)CC2)nn1. The molecule has 0 radical (unpaired) electrons. The lowest BCUT2D eigenvalue weighted by Crippen LogP contribution is -2.38. The third kappa shape index (κ3) is 5.32. The lowest BCUT2D eigenvalue weighted by molar-refractivity contribution is -0.274. The molecule has 144 valence electrons. The number of benzene rings is 1. The Bertz CT molecular complexity index is 771. The van der Waals surface area contributed by atoms with E-state index in [0.29, 0.717) is 31.6 Å². The normalized spacial score (nSPS) is 15.5. The van der Waals surface area contributed by atoms with Gasteiger partial charge in [0, 0.05) is 24.7 Å². The molecule has 0 bridgehead atoms. The molecule has 2 aromatic rings. The van der Waals surface area contributed by atoms with Crippen LogP contribution in [0.3, 0.4) is 0 Å². The Morgan fingerprint density at radius 3 is 2.33 bits per heavy atom. The van der Waals surface area contributed by atoms with Gasteiger partial charge in [0.1, 0.15) is 5.75 Å². The maximum Gasteiger partial charge on any atom is 0.573 e. The number of hydrogen-bond acceptors (Lipinski definition) is 5. The highest BCUT2D eigenvalue weighted by Gasteiger charge is 2.31. The third-order valence-electron chi connectivity index (χ3n) is 4.33. The molecule has 1 aromatic heterocycles. The number of aromatic nitrogens is 2. The first-order valence-electron chi connectivity index (χ1n) is 8.52. The largest absolute Gasteiger partial charge is 0.573 e. The van der Waals surface area contributed by atoms with E-state index in [1.54, 1.807) is 0 Å². The van der Waals surface area contributed by atoms with Gasteiger partial charge in [0.2, 0.25) is 5.91 Å². The molecule has 3 rings (SSSR count). The van der Waals surface area contributed by atoms with Gasteiger partial charge in [-0.3, -0.25) is 4.79 Å². The van der Waals surface area contributed by atoms with Crippen LogP contribution >= 0.6 is 0 Å². The molecule has 0 unspecified atom stereocenters. The van der Waals surface area contributed by atoms with Gasteiger partial charge in [-0.05, 0) is 56.2 Å². The van der Waals surface area contributed by atoms with Crippen LogP contribution in [0.5, 0.6) is 5.75 Å². The van der Waals surface area contributed by atoms with Crippen LogP contribution in [-0.2, 0) is 4.79 Å². The number of aryl methyl sites for hydroxylation is 1. The molecule has 27 heavy (non-hydrogen) atoms. The Morgan fingerprint density at radius 1 is 1.11 bits per heavy atom. The van der Waals surface area contributed by atoms with E-state index >= 15 is 0 Å². The fraction of sp³-hybridized carbons (Fsp3) is 0.389. The van der Waals surface area contributed by atoms with Crippen molar-refractivity contribution in [3.63, 3.8) is 0 Å². The highest BCUT2D eigenvalue weighted by atomic mass is 19.4. The summed E-state index contributed by atoms with van der Waals surface area (Å²) in [5.74, 6) is 0.160. The zero-order valence-electron chi connectivity index (χ0n) is 14.7. The molecule has 1 aromatic carbocycles. The number of carbonyl (C=O) groups excluding carboxylic acids is 1. The highest BCUT2D eigenvalue weighted by molar-refractivity contribution is 5.92. The van der Waals surface area contributed by atoms with Crippen LogP contribution in [0, 0.1) is 12.8 Å². The molecule has 0 spiro atoms. The molecular weight excluding hydrogens is 361 g/mol. The molecule has 0 saturated carbocycles. The van der Waals surface area contributed by atoms with E-state index in [-0.39, 0.29) is 17.6 Å². The molecular formula is C18H19F3N4O2. The van der Waals surface area contributed by atoms with E-state index in [1.165, 1.54) is 24.3 Å². The van der Waals surface area contributed by atoms with E-state index in [4.69, 9.17) is 0 Å². The van der Waals surface area contributed by atoms with E-state index in [1.807, 2.05) is 19.1 Å². The Balaban J connectivity index is 1.51. The number of rotatable bonds is 4. The maximum absolute atomic E-state index is 12.4. The van der Waals surface area contributed by atoms with Crippen LogP contribution < -0.4 is 15.0 Å². The summed E-state index contributed by atoms with van der Waals surface area (Å²) in [6.07, 6.45) is -3.41. The molecule has 1 fully saturated rings. The van der Waals surface area contributed by atoms with Crippen molar-refractivity contribution >= 4 is 17.4 Å². The second-order valence-electron chi connectivity index (χ2n) is 6.36. The van der Waals surface area contributed by atoms with Gasteiger partial charge in [0.15, 0.2) is 5.82 Å². The van der Waals surface area contributed by atoms with Gasteiger partial charge in [-0.1, -0.05) is 0 Å². The zero-order chi connectivity index (χ0) is 19.4. The van der Waals surface area contributed by atoms with E-state index in [0.717, 1.165) is 11.5 Å². The number of ether oxygens (including phenoxy) is 1. The molecule has 1 saturated heterocycles. The number of piperidine rings is 1. The molecule has 9 heteroatoms. The first-order chi connectivity index (χ1) is 12.8. The summed E-state index contributed by atoms with van der Waals surface area (Å²) in [5, 5.41) is 10.9. The molecule has 1 aliphatic heterocycles. The molecule has 6 nitrogen and oxygen atoms in total. The first-order valence-corrected chi connectivity index (χ1v) is 8.52. The van der Waals surface area contributed by atoms with Crippen LogP contribution in [0.4, 0.5) is 24.7 Å². The number of halogens is 3. The van der Waals surface area contributed by atoms with Gasteiger partial charge in [-0.25, -0.2) is 0 Å². The molecule has 2 heterocycles. The Labute approximate surface area is 154 Å². The summed E-state index contributed by atoms with van der Waals surface area (Å²) >= 11 is 0. The summed E-state index contributed by atoms with van der Waals surface area (Å²) in [6, 6.07) is 8.91. The van der Waals surface area contributed by atoms with E-state index in [2.05, 4.69) is 25.2 Å². The average molecular weight is 380 g/mol. The predicted molar refractivity (Wildman–Crippen MR) is 93.5 cm³/mol. The van der Waals surface area contributed by atoms with Crippen molar-refractivity contribution in [2.75, 3.05) is 23.3 Å². The molecule has 1 N–H and O–H groups in total. The minimum atomic E-state index is -4.74. The molecule has 1 aliphatic rings. The topological polar surface area (TPSA) is 67.4 Å². The summed E-state index contributed by atoms with van der Waals surface area (Å²) in [7, 11) is 0. The molecule has 0 aliphatic carbocycles. The van der Waals surface area contributed by atoms with Gasteiger partial charge in [0.25, 0.3) is 0 Å². The molecule has 0 atom stereocenters. The average Bonchev–Trinajstić information content (AvgIpc) is 2.63. The van der Waals surface area contributed by atoms with Crippen molar-refractivity contribution in [3.05, 3.63) is 42.1 Å². The number of carbonyl (C=O) groups is 1. The molecule has 1 amide bonds. The van der Waals surface area contributed by atoms with Gasteiger partial charge in [-0.15, -0.1) is 18.3 Å². The van der Waals surface area contributed by atoms with Crippen molar-refractivity contribution in [3.8, 4) is 5.75 Å². The van der Waals surface area contributed by atoms with Crippen molar-refractivity contribution < 1.29 is 22.7 Å². The van der Waals surface area contributed by atoms with Crippen LogP contribution in [0.25, 0.3) is 0 Å². The minimum Gasteiger partial charge on any atom is -0.406 e. The van der Waals surface area contributed by atoms with Gasteiger partial charge in [0.05, 0.1) is 5.69 Å². The number of anilines is 2. The van der Waals surface area contributed by atoms with Crippen LogP contribution in [0.15, 0.2) is 36.4 Å². The summed E-state index contributed by atoms with van der Waals surface area (Å²) in [6.45, 7) is 3.25. The lowest BCUT2D eigenvalue weighted by atomic mass is 9.96. The zero-order valence-corrected chi connectivity index (χ0v) is 14.7. The van der Waals surface area contributed by atoms with Crippen LogP contribution in [0.2, 0.25) is 0 Å². The van der Waals surface area contributed by atoms with Gasteiger partial charge >= 0.3 is 6.36 Å². The van der Waals surface area contributed by atoms with E-state index < -0.39 is 6.36 Å². The van der Waals surface area contributed by atoms with Gasteiger partial charge < -0.3 is 15.0 Å². The fourth-order valence-corrected chi connectivity index (χ4v) is 2.92. The maximum atomic E-state index is 12.4. The van der Waals surface area contributed by atoms with Crippen LogP contribution in [0.1, 0.15) is 18.5 Å². The Hall–Kier alpha value is -2.84. The summed E-state index contributed by atoms with van der Waals surface area (Å²) < 4.78 is 40.3. The monoisotopic (exact) mass is 380 g/mol. The number of alkyl halides is 3. The van der Waals surface area contributed by atoms with Crippen molar-refractivity contribution in [2.24, 2.45) is 5.92 Å². The standard InChI is InChI=1S/C18H19F3N4O2/c1-12-2-7-16(24-23-12)25-10-8-13(9-11-25)17(26)22-14-3-5-15(6-4-14)27-18(19,20)21/h2-7,13H,8-11H2,1H3,(H,22,26). The summed E-state index contributed by atoms with van der Waals surface area (Å²) in [5.41, 5.74) is 1.28. The van der Waals surface area contributed by atoms with Crippen molar-refractivity contribution in [2.45, 2.75) is 26.1 Å². The fourth-order valence-electron chi connectivity index (χ4n) is 2.92. The lowest BCUT2D eigenvalue weighted by Gasteiger charge is -2.31. The highest BCUT2D eigenvalue weighted by Crippen LogP contribution is 2.26. The van der Waals surface area contributed by atoms with Gasteiger partial charge in [-0.2, -0.15) is 5.10 Å². The minimum absolute atomic E-state index is 0.144. The number of amides is 1. The van der Waals surface area contributed by atoms with E-state index in [9.17, 15) is 18.0 Å². The Morgan fingerprint density at radius 2 is 1.78 bits per heavy atom. The van der Waals surface area contributed by atoms with Crippen molar-refractivity contribution in [1.82, 2.24) is 10.2 Å². The number of nitrogens with zero attached hydrogens (tertiary/aromatic N) is 3. The quantitative estimate of drug-likeness (QED) is 0.879. The predicted octanol–water partition coefficient (Wildman–Crippen LogP) is 3.54. The smallest absolute Gasteiger partial charge is 0.406 e. The summed E-state index contributed by atoms with van der Waals surface area (Å²) in [4.78, 5) is 14.5. The van der Waals surface area contributed by atoms with Crippen molar-refractivity contribution in [1.29, 1.82) is 0 Å². The second-order valence-corrected chi connectivity index (χ2v) is 6.36. The number of nitrogens with one attached hydrogen (secondary N) is 1. The second kappa shape index (κ2) is 7.81. The Kier molecular flexibility index (Phi) is 5.48. The number of hydrogen-bond donors (Lipinski definition) is 1.